The van der Waals surface area contributed by atoms with E-state index in [2.05, 4.69) is 0 Å². The molecule has 3 rings (SSSR count). The molecule has 0 spiro atoms. The van der Waals surface area contributed by atoms with Crippen molar-refractivity contribution in [2.24, 2.45) is 0 Å². The zero-order valence-electron chi connectivity index (χ0n) is 13.4. The summed E-state index contributed by atoms with van der Waals surface area (Å²) < 4.78 is 11.4. The molecule has 5 heteroatoms. The fourth-order valence-electron chi connectivity index (χ4n) is 2.26. The third-order valence-corrected chi connectivity index (χ3v) is 3.61. The monoisotopic (exact) mass is 338 g/mol. The van der Waals surface area contributed by atoms with Crippen LogP contribution < -0.4 is 9.47 Å². The second-order valence-corrected chi connectivity index (χ2v) is 5.51. The lowest BCUT2D eigenvalue weighted by Gasteiger charge is -2.14. The molecule has 0 aromatic heterocycles. The lowest BCUT2D eigenvalue weighted by Crippen LogP contribution is -2.00. The SMILES string of the molecule is Oc1ccc(COc2cccc(O)c2OCc2ccc(O)cc2)cc1. The van der Waals surface area contributed by atoms with Crippen molar-refractivity contribution in [1.82, 2.24) is 0 Å². The molecule has 0 amide bonds. The summed E-state index contributed by atoms with van der Waals surface area (Å²) in [6.45, 7) is 0.507. The van der Waals surface area contributed by atoms with Crippen molar-refractivity contribution in [2.75, 3.05) is 0 Å². The predicted octanol–water partition coefficient (Wildman–Crippen LogP) is 3.96. The van der Waals surface area contributed by atoms with E-state index in [0.717, 1.165) is 11.1 Å². The number of aromatic hydroxyl groups is 3. The Kier molecular flexibility index (Phi) is 4.95. The Morgan fingerprint density at radius 1 is 0.600 bits per heavy atom. The molecule has 128 valence electrons. The van der Waals surface area contributed by atoms with Crippen molar-refractivity contribution in [2.45, 2.75) is 13.2 Å². The lowest BCUT2D eigenvalue weighted by atomic mass is 10.2. The summed E-state index contributed by atoms with van der Waals surface area (Å²) in [5.74, 6) is 1.05. The molecule has 5 nitrogen and oxygen atoms in total. The van der Waals surface area contributed by atoms with Gasteiger partial charge in [-0.15, -0.1) is 0 Å². The van der Waals surface area contributed by atoms with E-state index in [-0.39, 0.29) is 36.2 Å². The number of hydrogen-bond donors (Lipinski definition) is 3. The van der Waals surface area contributed by atoms with Crippen LogP contribution in [0.2, 0.25) is 0 Å². The van der Waals surface area contributed by atoms with Gasteiger partial charge in [0.05, 0.1) is 0 Å². The number of benzene rings is 3. The quantitative estimate of drug-likeness (QED) is 0.634. The van der Waals surface area contributed by atoms with E-state index in [0.29, 0.717) is 5.75 Å². The summed E-state index contributed by atoms with van der Waals surface area (Å²) in [6.07, 6.45) is 0. The minimum absolute atomic E-state index is 0.0121. The van der Waals surface area contributed by atoms with Gasteiger partial charge < -0.3 is 24.8 Å². The average Bonchev–Trinajstić information content (AvgIpc) is 2.62. The Balaban J connectivity index is 1.70. The van der Waals surface area contributed by atoms with Crippen LogP contribution in [0.5, 0.6) is 28.7 Å². The maximum atomic E-state index is 10.1. The highest BCUT2D eigenvalue weighted by molar-refractivity contribution is 5.50. The smallest absolute Gasteiger partial charge is 0.203 e. The largest absolute Gasteiger partial charge is 0.508 e. The third kappa shape index (κ3) is 4.35. The van der Waals surface area contributed by atoms with Gasteiger partial charge in [-0.2, -0.15) is 0 Å². The number of para-hydroxylation sites is 1. The maximum Gasteiger partial charge on any atom is 0.203 e. The average molecular weight is 338 g/mol. The molecule has 3 aromatic carbocycles. The van der Waals surface area contributed by atoms with Crippen molar-refractivity contribution >= 4 is 0 Å². The zero-order chi connectivity index (χ0) is 17.6. The summed E-state index contributed by atoms with van der Waals surface area (Å²) >= 11 is 0. The van der Waals surface area contributed by atoms with E-state index in [9.17, 15) is 15.3 Å². The van der Waals surface area contributed by atoms with Crippen LogP contribution in [-0.2, 0) is 13.2 Å². The first-order valence-corrected chi connectivity index (χ1v) is 7.75. The van der Waals surface area contributed by atoms with Crippen molar-refractivity contribution in [3.05, 3.63) is 77.9 Å². The molecule has 0 aliphatic carbocycles. The molecule has 0 aliphatic rings. The van der Waals surface area contributed by atoms with E-state index in [1.807, 2.05) is 0 Å². The zero-order valence-corrected chi connectivity index (χ0v) is 13.4. The summed E-state index contributed by atoms with van der Waals surface area (Å²) in [5, 5.41) is 28.7. The minimum Gasteiger partial charge on any atom is -0.508 e. The Labute approximate surface area is 145 Å². The van der Waals surface area contributed by atoms with Crippen LogP contribution >= 0.6 is 0 Å². The molecule has 0 aliphatic heterocycles. The molecule has 0 saturated heterocycles. The molecule has 0 bridgehead atoms. The number of phenols is 3. The molecule has 25 heavy (non-hydrogen) atoms. The van der Waals surface area contributed by atoms with Gasteiger partial charge in [-0.25, -0.2) is 0 Å². The second-order valence-electron chi connectivity index (χ2n) is 5.51. The molecule has 0 heterocycles. The molecule has 3 aromatic rings. The molecular weight excluding hydrogens is 320 g/mol. The molecule has 0 atom stereocenters. The van der Waals surface area contributed by atoms with E-state index < -0.39 is 0 Å². The van der Waals surface area contributed by atoms with Gasteiger partial charge in [-0.3, -0.25) is 0 Å². The first kappa shape index (κ1) is 16.5. The van der Waals surface area contributed by atoms with Gasteiger partial charge in [-0.05, 0) is 47.5 Å². The van der Waals surface area contributed by atoms with Gasteiger partial charge in [-0.1, -0.05) is 30.3 Å². The van der Waals surface area contributed by atoms with Crippen LogP contribution in [0.3, 0.4) is 0 Å². The van der Waals surface area contributed by atoms with E-state index in [1.165, 1.54) is 6.07 Å². The van der Waals surface area contributed by atoms with Crippen molar-refractivity contribution in [1.29, 1.82) is 0 Å². The van der Waals surface area contributed by atoms with Crippen LogP contribution in [0.25, 0.3) is 0 Å². The topological polar surface area (TPSA) is 79.2 Å². The van der Waals surface area contributed by atoms with Crippen LogP contribution in [0.1, 0.15) is 11.1 Å². The highest BCUT2D eigenvalue weighted by atomic mass is 16.5. The van der Waals surface area contributed by atoms with Gasteiger partial charge in [0, 0.05) is 0 Å². The molecule has 0 unspecified atom stereocenters. The highest BCUT2D eigenvalue weighted by Gasteiger charge is 2.11. The van der Waals surface area contributed by atoms with Crippen LogP contribution in [0.15, 0.2) is 66.7 Å². The molecule has 0 radical (unpaired) electrons. The summed E-state index contributed by atoms with van der Waals surface area (Å²) in [5.41, 5.74) is 1.73. The van der Waals surface area contributed by atoms with Gasteiger partial charge >= 0.3 is 0 Å². The minimum atomic E-state index is -0.0121. The maximum absolute atomic E-state index is 10.1. The number of phenolic OH excluding ortho intramolecular Hbond substituents is 3. The Morgan fingerprint density at radius 2 is 1.12 bits per heavy atom. The van der Waals surface area contributed by atoms with Gasteiger partial charge in [0.25, 0.3) is 0 Å². The molecule has 0 saturated carbocycles. The van der Waals surface area contributed by atoms with E-state index >= 15 is 0 Å². The number of ether oxygens (including phenoxy) is 2. The first-order valence-electron chi connectivity index (χ1n) is 7.75. The third-order valence-electron chi connectivity index (χ3n) is 3.61. The van der Waals surface area contributed by atoms with Crippen LogP contribution in [0.4, 0.5) is 0 Å². The van der Waals surface area contributed by atoms with Crippen molar-refractivity contribution < 1.29 is 24.8 Å². The Hall–Kier alpha value is -3.34. The summed E-state index contributed by atoms with van der Waals surface area (Å²) in [4.78, 5) is 0. The normalized spacial score (nSPS) is 10.4. The highest BCUT2D eigenvalue weighted by Crippen LogP contribution is 2.37. The second kappa shape index (κ2) is 7.49. The predicted molar refractivity (Wildman–Crippen MR) is 93.0 cm³/mol. The van der Waals surface area contributed by atoms with Gasteiger partial charge in [0.15, 0.2) is 11.5 Å². The van der Waals surface area contributed by atoms with Crippen molar-refractivity contribution in [3.8, 4) is 28.7 Å². The first-order chi connectivity index (χ1) is 12.1. The standard InChI is InChI=1S/C20H18O5/c21-16-8-4-14(5-9-16)12-24-19-3-1-2-18(23)20(19)25-13-15-6-10-17(22)11-7-15/h1-11,21-23H,12-13H2. The van der Waals surface area contributed by atoms with Crippen LogP contribution in [-0.4, -0.2) is 15.3 Å². The molecule has 3 N–H and O–H groups in total. The van der Waals surface area contributed by atoms with Gasteiger partial charge in [0.1, 0.15) is 24.7 Å². The fraction of sp³-hybridized carbons (Fsp3) is 0.100. The Bertz CT molecular complexity index is 826. The van der Waals surface area contributed by atoms with Crippen molar-refractivity contribution in [3.63, 3.8) is 0 Å². The lowest BCUT2D eigenvalue weighted by molar-refractivity contribution is 0.246. The summed E-state index contributed by atoms with van der Waals surface area (Å²) in [7, 11) is 0. The number of hydrogen-bond acceptors (Lipinski definition) is 5. The van der Waals surface area contributed by atoms with Crippen LogP contribution in [0, 0.1) is 0 Å². The molecular formula is C20H18O5. The summed E-state index contributed by atoms with van der Waals surface area (Å²) in [6, 6.07) is 18.2. The van der Waals surface area contributed by atoms with E-state index in [4.69, 9.17) is 9.47 Å². The molecule has 0 fully saturated rings. The Morgan fingerprint density at radius 3 is 1.68 bits per heavy atom. The van der Waals surface area contributed by atoms with Gasteiger partial charge in [0.2, 0.25) is 5.75 Å². The van der Waals surface area contributed by atoms with E-state index in [1.54, 1.807) is 60.7 Å². The number of rotatable bonds is 6. The fourth-order valence-corrected chi connectivity index (χ4v) is 2.26.